The van der Waals surface area contributed by atoms with E-state index in [2.05, 4.69) is 56.1 Å². The first kappa shape index (κ1) is 16.4. The Hall–Kier alpha value is -2.04. The van der Waals surface area contributed by atoms with Crippen LogP contribution in [0.5, 0.6) is 11.5 Å². The summed E-state index contributed by atoms with van der Waals surface area (Å²) in [6, 6.07) is 24.4. The van der Waals surface area contributed by atoms with E-state index in [1.807, 2.05) is 48.5 Å². The molecule has 0 heterocycles. The standard InChI is InChI=1S/C21H14Br2O2/c22-18-5-1-16-11-20(7-3-14(16)9-18)24-13-25-21-8-4-15-10-19(23)6-2-17(15)12-21/h1-12H,13H2. The SMILES string of the molecule is Brc1ccc2cc(OCOc3ccc4cc(Br)ccc4c3)ccc2c1. The molecule has 4 heteroatoms. The summed E-state index contributed by atoms with van der Waals surface area (Å²) >= 11 is 6.97. The van der Waals surface area contributed by atoms with Gasteiger partial charge >= 0.3 is 0 Å². The van der Waals surface area contributed by atoms with Crippen LogP contribution in [0.25, 0.3) is 21.5 Å². The quantitative estimate of drug-likeness (QED) is 0.309. The lowest BCUT2D eigenvalue weighted by Gasteiger charge is -2.10. The van der Waals surface area contributed by atoms with Crippen molar-refractivity contribution in [2.24, 2.45) is 0 Å². The van der Waals surface area contributed by atoms with Crippen molar-refractivity contribution in [3.8, 4) is 11.5 Å². The Morgan fingerprint density at radius 2 is 0.920 bits per heavy atom. The van der Waals surface area contributed by atoms with Crippen LogP contribution in [0.3, 0.4) is 0 Å². The molecule has 124 valence electrons. The van der Waals surface area contributed by atoms with Gasteiger partial charge in [0.25, 0.3) is 0 Å². The second-order valence-corrected chi connectivity index (χ2v) is 7.54. The van der Waals surface area contributed by atoms with Crippen LogP contribution in [0.4, 0.5) is 0 Å². The molecule has 0 radical (unpaired) electrons. The highest BCUT2D eigenvalue weighted by atomic mass is 79.9. The van der Waals surface area contributed by atoms with Crippen molar-refractivity contribution in [1.82, 2.24) is 0 Å². The second-order valence-electron chi connectivity index (χ2n) is 5.71. The molecule has 2 nitrogen and oxygen atoms in total. The van der Waals surface area contributed by atoms with Crippen LogP contribution in [-0.2, 0) is 0 Å². The van der Waals surface area contributed by atoms with E-state index in [1.165, 1.54) is 10.8 Å². The molecular formula is C21H14Br2O2. The third-order valence-corrected chi connectivity index (χ3v) is 4.99. The second kappa shape index (κ2) is 7.06. The number of fused-ring (bicyclic) bond motifs is 2. The van der Waals surface area contributed by atoms with Gasteiger partial charge in [0.2, 0.25) is 6.79 Å². The summed E-state index contributed by atoms with van der Waals surface area (Å²) in [6.07, 6.45) is 0. The van der Waals surface area contributed by atoms with Gasteiger partial charge < -0.3 is 9.47 Å². The van der Waals surface area contributed by atoms with Gasteiger partial charge in [-0.05, 0) is 70.1 Å². The molecule has 0 aliphatic rings. The molecule has 4 aromatic carbocycles. The summed E-state index contributed by atoms with van der Waals surface area (Å²) in [5.41, 5.74) is 0. The highest BCUT2D eigenvalue weighted by Gasteiger charge is 2.01. The van der Waals surface area contributed by atoms with E-state index < -0.39 is 0 Å². The fraction of sp³-hybridized carbons (Fsp3) is 0.0476. The monoisotopic (exact) mass is 456 g/mol. The van der Waals surface area contributed by atoms with Gasteiger partial charge in [0, 0.05) is 8.95 Å². The van der Waals surface area contributed by atoms with Gasteiger partial charge in [0.15, 0.2) is 0 Å². The maximum Gasteiger partial charge on any atom is 0.230 e. The first-order valence-corrected chi connectivity index (χ1v) is 9.40. The third-order valence-electron chi connectivity index (χ3n) is 4.00. The number of hydrogen-bond donors (Lipinski definition) is 0. The number of hydrogen-bond acceptors (Lipinski definition) is 2. The van der Waals surface area contributed by atoms with Crippen LogP contribution in [-0.4, -0.2) is 6.79 Å². The number of halogens is 2. The van der Waals surface area contributed by atoms with Gasteiger partial charge in [-0.25, -0.2) is 0 Å². The van der Waals surface area contributed by atoms with Crippen molar-refractivity contribution in [1.29, 1.82) is 0 Å². The molecular weight excluding hydrogens is 444 g/mol. The van der Waals surface area contributed by atoms with Gasteiger partial charge in [0.1, 0.15) is 11.5 Å². The lowest BCUT2D eigenvalue weighted by atomic mass is 10.1. The normalized spacial score (nSPS) is 11.0. The maximum atomic E-state index is 5.74. The summed E-state index contributed by atoms with van der Waals surface area (Å²) in [4.78, 5) is 0. The summed E-state index contributed by atoms with van der Waals surface area (Å²) in [6.45, 7) is 0.171. The number of benzene rings is 4. The van der Waals surface area contributed by atoms with Crippen molar-refractivity contribution < 1.29 is 9.47 Å². The Labute approximate surface area is 162 Å². The molecule has 4 aromatic rings. The Bertz CT molecular complexity index is 975. The van der Waals surface area contributed by atoms with Gasteiger partial charge in [-0.15, -0.1) is 0 Å². The zero-order chi connectivity index (χ0) is 17.2. The average Bonchev–Trinajstić information content (AvgIpc) is 2.62. The predicted molar refractivity (Wildman–Crippen MR) is 109 cm³/mol. The maximum absolute atomic E-state index is 5.74. The van der Waals surface area contributed by atoms with Gasteiger partial charge in [-0.3, -0.25) is 0 Å². The van der Waals surface area contributed by atoms with E-state index in [0.717, 1.165) is 31.2 Å². The Balaban J connectivity index is 1.45. The summed E-state index contributed by atoms with van der Waals surface area (Å²) in [5.74, 6) is 1.58. The van der Waals surface area contributed by atoms with Crippen LogP contribution in [0.2, 0.25) is 0 Å². The van der Waals surface area contributed by atoms with Gasteiger partial charge in [-0.1, -0.05) is 56.1 Å². The van der Waals surface area contributed by atoms with E-state index >= 15 is 0 Å². The molecule has 0 atom stereocenters. The number of rotatable bonds is 4. The van der Waals surface area contributed by atoms with Crippen LogP contribution in [0.1, 0.15) is 0 Å². The smallest absolute Gasteiger partial charge is 0.230 e. The van der Waals surface area contributed by atoms with Crippen LogP contribution >= 0.6 is 31.9 Å². The Kier molecular flexibility index (Phi) is 4.64. The Morgan fingerprint density at radius 1 is 0.520 bits per heavy atom. The average molecular weight is 458 g/mol. The first-order valence-electron chi connectivity index (χ1n) is 7.82. The van der Waals surface area contributed by atoms with E-state index in [0.29, 0.717) is 0 Å². The molecule has 0 N–H and O–H groups in total. The summed E-state index contributed by atoms with van der Waals surface area (Å²) in [7, 11) is 0. The largest absolute Gasteiger partial charge is 0.457 e. The fourth-order valence-electron chi connectivity index (χ4n) is 2.73. The zero-order valence-corrected chi connectivity index (χ0v) is 16.4. The molecule has 0 bridgehead atoms. The number of ether oxygens (including phenoxy) is 2. The molecule has 0 unspecified atom stereocenters. The predicted octanol–water partition coefficient (Wildman–Crippen LogP) is 6.93. The molecule has 0 saturated carbocycles. The zero-order valence-electron chi connectivity index (χ0n) is 13.2. The molecule has 0 spiro atoms. The molecule has 0 fully saturated rings. The minimum atomic E-state index is 0.171. The summed E-state index contributed by atoms with van der Waals surface area (Å²) in [5, 5.41) is 4.61. The molecule has 0 aromatic heterocycles. The van der Waals surface area contributed by atoms with Gasteiger partial charge in [-0.2, -0.15) is 0 Å². The van der Waals surface area contributed by atoms with E-state index in [4.69, 9.17) is 9.47 Å². The lowest BCUT2D eigenvalue weighted by Crippen LogP contribution is -2.05. The topological polar surface area (TPSA) is 18.5 Å². The van der Waals surface area contributed by atoms with E-state index in [-0.39, 0.29) is 6.79 Å². The van der Waals surface area contributed by atoms with Crippen molar-refractivity contribution in [2.75, 3.05) is 6.79 Å². The molecule has 25 heavy (non-hydrogen) atoms. The highest BCUT2D eigenvalue weighted by molar-refractivity contribution is 9.10. The fourth-order valence-corrected chi connectivity index (χ4v) is 3.49. The van der Waals surface area contributed by atoms with Crippen LogP contribution in [0, 0.1) is 0 Å². The minimum absolute atomic E-state index is 0.171. The molecule has 0 amide bonds. The Morgan fingerprint density at radius 3 is 1.40 bits per heavy atom. The molecule has 4 rings (SSSR count). The first-order chi connectivity index (χ1) is 12.2. The summed E-state index contributed by atoms with van der Waals surface area (Å²) < 4.78 is 13.6. The van der Waals surface area contributed by atoms with Crippen LogP contribution in [0.15, 0.2) is 81.7 Å². The van der Waals surface area contributed by atoms with E-state index in [9.17, 15) is 0 Å². The lowest BCUT2D eigenvalue weighted by molar-refractivity contribution is 0.120. The van der Waals surface area contributed by atoms with Gasteiger partial charge in [0.05, 0.1) is 0 Å². The van der Waals surface area contributed by atoms with Crippen molar-refractivity contribution in [3.63, 3.8) is 0 Å². The minimum Gasteiger partial charge on any atom is -0.457 e. The van der Waals surface area contributed by atoms with E-state index in [1.54, 1.807) is 0 Å². The van der Waals surface area contributed by atoms with Crippen molar-refractivity contribution in [2.45, 2.75) is 0 Å². The van der Waals surface area contributed by atoms with Crippen molar-refractivity contribution in [3.05, 3.63) is 81.7 Å². The third kappa shape index (κ3) is 3.80. The van der Waals surface area contributed by atoms with Crippen LogP contribution < -0.4 is 9.47 Å². The highest BCUT2D eigenvalue weighted by Crippen LogP contribution is 2.26. The molecule has 0 aliphatic carbocycles. The molecule has 0 aliphatic heterocycles. The molecule has 0 saturated heterocycles. The van der Waals surface area contributed by atoms with Crippen molar-refractivity contribution >= 4 is 53.4 Å².